The van der Waals surface area contributed by atoms with Gasteiger partial charge in [-0.2, -0.15) is 0 Å². The lowest BCUT2D eigenvalue weighted by Crippen LogP contribution is -2.31. The van der Waals surface area contributed by atoms with Crippen LogP contribution in [-0.2, 0) is 6.54 Å². The maximum atomic E-state index is 13.5. The van der Waals surface area contributed by atoms with Crippen molar-refractivity contribution in [1.29, 1.82) is 0 Å². The number of carbonyl (C=O) groups is 1. The molecule has 0 aliphatic heterocycles. The van der Waals surface area contributed by atoms with Crippen LogP contribution in [-0.4, -0.2) is 22.0 Å². The number of aryl methyl sites for hydroxylation is 1. The molecule has 2 aromatic rings. The van der Waals surface area contributed by atoms with Crippen LogP contribution in [0, 0.1) is 12.7 Å². The van der Waals surface area contributed by atoms with Gasteiger partial charge in [0.25, 0.3) is 11.5 Å². The summed E-state index contributed by atoms with van der Waals surface area (Å²) in [7, 11) is 0. The zero-order valence-electron chi connectivity index (χ0n) is 11.3. The number of nitrogens with one attached hydrogen (secondary N) is 1. The summed E-state index contributed by atoms with van der Waals surface area (Å²) in [5.41, 5.74) is 0.215. The Labute approximate surface area is 125 Å². The lowest BCUT2D eigenvalue weighted by molar-refractivity contribution is 0.0948. The Hall–Kier alpha value is -2.21. The SMILES string of the molecule is Cc1cc(=O)n(CCNC(=O)c2c(F)cccc2Cl)cn1. The lowest BCUT2D eigenvalue weighted by atomic mass is 10.2. The molecule has 0 saturated heterocycles. The van der Waals surface area contributed by atoms with E-state index in [0.29, 0.717) is 5.69 Å². The minimum absolute atomic E-state index is 0.0432. The van der Waals surface area contributed by atoms with Crippen LogP contribution in [0.1, 0.15) is 16.1 Å². The molecule has 1 amide bonds. The molecule has 0 bridgehead atoms. The van der Waals surface area contributed by atoms with Crippen molar-refractivity contribution >= 4 is 17.5 Å². The van der Waals surface area contributed by atoms with Crippen LogP contribution < -0.4 is 10.9 Å². The van der Waals surface area contributed by atoms with Crippen molar-refractivity contribution in [3.05, 3.63) is 63.0 Å². The van der Waals surface area contributed by atoms with Gasteiger partial charge in [-0.05, 0) is 19.1 Å². The first-order chi connectivity index (χ1) is 9.99. The predicted molar refractivity (Wildman–Crippen MR) is 77.0 cm³/mol. The van der Waals surface area contributed by atoms with Gasteiger partial charge in [0.05, 0.1) is 16.9 Å². The standard InChI is InChI=1S/C14H13ClFN3O2/c1-9-7-12(20)19(8-18-9)6-5-17-14(21)13-10(15)3-2-4-11(13)16/h2-4,7-8H,5-6H2,1H3,(H,17,21). The van der Waals surface area contributed by atoms with Crippen molar-refractivity contribution in [3.8, 4) is 0 Å². The summed E-state index contributed by atoms with van der Waals surface area (Å²) in [6.45, 7) is 2.12. The average Bonchev–Trinajstić information content (AvgIpc) is 2.41. The van der Waals surface area contributed by atoms with Crippen molar-refractivity contribution in [1.82, 2.24) is 14.9 Å². The van der Waals surface area contributed by atoms with Crippen LogP contribution in [0.5, 0.6) is 0 Å². The number of benzene rings is 1. The molecule has 0 aliphatic rings. The summed E-state index contributed by atoms with van der Waals surface area (Å²) in [5.74, 6) is -1.31. The summed E-state index contributed by atoms with van der Waals surface area (Å²) >= 11 is 5.80. The molecule has 2 rings (SSSR count). The van der Waals surface area contributed by atoms with Gasteiger partial charge in [-0.3, -0.25) is 14.2 Å². The number of nitrogens with zero attached hydrogens (tertiary/aromatic N) is 2. The van der Waals surface area contributed by atoms with Crippen molar-refractivity contribution in [2.24, 2.45) is 0 Å². The summed E-state index contributed by atoms with van der Waals surface area (Å²) in [5, 5.41) is 2.56. The first-order valence-corrected chi connectivity index (χ1v) is 6.62. The molecule has 0 fully saturated rings. The summed E-state index contributed by atoms with van der Waals surface area (Å²) in [6, 6.07) is 5.42. The number of halogens is 2. The van der Waals surface area contributed by atoms with Crippen LogP contribution >= 0.6 is 11.6 Å². The molecular weight excluding hydrogens is 297 g/mol. The van der Waals surface area contributed by atoms with Crippen molar-refractivity contribution in [3.63, 3.8) is 0 Å². The zero-order chi connectivity index (χ0) is 15.4. The van der Waals surface area contributed by atoms with Crippen LogP contribution in [0.15, 0.2) is 35.4 Å². The van der Waals surface area contributed by atoms with Gasteiger partial charge in [-0.15, -0.1) is 0 Å². The Kier molecular flexibility index (Phi) is 4.70. The van der Waals surface area contributed by atoms with Crippen molar-refractivity contribution < 1.29 is 9.18 Å². The highest BCUT2D eigenvalue weighted by molar-refractivity contribution is 6.33. The maximum Gasteiger partial charge on any atom is 0.255 e. The second kappa shape index (κ2) is 6.49. The molecule has 5 nitrogen and oxygen atoms in total. The average molecular weight is 310 g/mol. The van der Waals surface area contributed by atoms with Crippen LogP contribution in [0.3, 0.4) is 0 Å². The van der Waals surface area contributed by atoms with Gasteiger partial charge in [0, 0.05) is 24.8 Å². The summed E-state index contributed by atoms with van der Waals surface area (Å²) in [6.07, 6.45) is 1.40. The molecule has 0 aliphatic carbocycles. The Bertz CT molecular complexity index is 710. The minimum Gasteiger partial charge on any atom is -0.350 e. The Morgan fingerprint density at radius 2 is 2.24 bits per heavy atom. The van der Waals surface area contributed by atoms with Gasteiger partial charge in [-0.1, -0.05) is 17.7 Å². The highest BCUT2D eigenvalue weighted by Crippen LogP contribution is 2.18. The van der Waals surface area contributed by atoms with Crippen LogP contribution in [0.25, 0.3) is 0 Å². The molecule has 7 heteroatoms. The molecule has 0 radical (unpaired) electrons. The first kappa shape index (κ1) is 15.2. The van der Waals surface area contributed by atoms with Gasteiger partial charge in [0.15, 0.2) is 0 Å². The third kappa shape index (κ3) is 3.66. The van der Waals surface area contributed by atoms with Gasteiger partial charge in [-0.25, -0.2) is 9.37 Å². The van der Waals surface area contributed by atoms with E-state index in [1.807, 2.05) is 0 Å². The number of hydrogen-bond donors (Lipinski definition) is 1. The predicted octanol–water partition coefficient (Wildman–Crippen LogP) is 1.77. The van der Waals surface area contributed by atoms with E-state index in [4.69, 9.17) is 11.6 Å². The molecular formula is C14H13ClFN3O2. The topological polar surface area (TPSA) is 64.0 Å². The number of carbonyl (C=O) groups excluding carboxylic acids is 1. The van der Waals surface area contributed by atoms with Crippen molar-refractivity contribution in [2.45, 2.75) is 13.5 Å². The molecule has 0 saturated carbocycles. The van der Waals surface area contributed by atoms with Crippen LogP contribution in [0.2, 0.25) is 5.02 Å². The fourth-order valence-electron chi connectivity index (χ4n) is 1.78. The number of rotatable bonds is 4. The van der Waals surface area contributed by atoms with Gasteiger partial charge >= 0.3 is 0 Å². The zero-order valence-corrected chi connectivity index (χ0v) is 12.0. The second-order valence-corrected chi connectivity index (χ2v) is 4.82. The Morgan fingerprint density at radius 3 is 2.90 bits per heavy atom. The van der Waals surface area contributed by atoms with E-state index in [1.165, 1.54) is 29.1 Å². The van der Waals surface area contributed by atoms with Gasteiger partial charge < -0.3 is 5.32 Å². The fourth-order valence-corrected chi connectivity index (χ4v) is 2.03. The van der Waals surface area contributed by atoms with E-state index >= 15 is 0 Å². The second-order valence-electron chi connectivity index (χ2n) is 4.41. The fraction of sp³-hybridized carbons (Fsp3) is 0.214. The Balaban J connectivity index is 2.00. The normalized spacial score (nSPS) is 10.4. The van der Waals surface area contributed by atoms with E-state index in [-0.39, 0.29) is 29.2 Å². The highest BCUT2D eigenvalue weighted by Gasteiger charge is 2.14. The number of amides is 1. The third-order valence-electron chi connectivity index (χ3n) is 2.84. The smallest absolute Gasteiger partial charge is 0.255 e. The van der Waals surface area contributed by atoms with Crippen LogP contribution in [0.4, 0.5) is 4.39 Å². The molecule has 1 aromatic carbocycles. The molecule has 21 heavy (non-hydrogen) atoms. The molecule has 0 spiro atoms. The molecule has 1 N–H and O–H groups in total. The Morgan fingerprint density at radius 1 is 1.48 bits per heavy atom. The van der Waals surface area contributed by atoms with E-state index < -0.39 is 11.7 Å². The largest absolute Gasteiger partial charge is 0.350 e. The van der Waals surface area contributed by atoms with E-state index in [0.717, 1.165) is 6.07 Å². The molecule has 0 unspecified atom stereocenters. The molecule has 1 aromatic heterocycles. The summed E-state index contributed by atoms with van der Waals surface area (Å²) in [4.78, 5) is 27.5. The first-order valence-electron chi connectivity index (χ1n) is 6.24. The lowest BCUT2D eigenvalue weighted by Gasteiger charge is -2.09. The third-order valence-corrected chi connectivity index (χ3v) is 3.16. The quantitative estimate of drug-likeness (QED) is 0.936. The van der Waals surface area contributed by atoms with E-state index in [2.05, 4.69) is 10.3 Å². The maximum absolute atomic E-state index is 13.5. The van der Waals surface area contributed by atoms with E-state index in [9.17, 15) is 14.0 Å². The molecule has 110 valence electrons. The monoisotopic (exact) mass is 309 g/mol. The van der Waals surface area contributed by atoms with Crippen molar-refractivity contribution in [2.75, 3.05) is 6.54 Å². The van der Waals surface area contributed by atoms with Gasteiger partial charge in [0.2, 0.25) is 0 Å². The number of aromatic nitrogens is 2. The van der Waals surface area contributed by atoms with E-state index in [1.54, 1.807) is 6.92 Å². The summed E-state index contributed by atoms with van der Waals surface area (Å²) < 4.78 is 14.9. The van der Waals surface area contributed by atoms with Gasteiger partial charge in [0.1, 0.15) is 5.82 Å². The number of hydrogen-bond acceptors (Lipinski definition) is 3. The minimum atomic E-state index is -0.686. The molecule has 0 atom stereocenters. The highest BCUT2D eigenvalue weighted by atomic mass is 35.5. The molecule has 1 heterocycles.